The molecule has 8 heteroatoms. The van der Waals surface area contributed by atoms with Gasteiger partial charge in [0.15, 0.2) is 0 Å². The molecule has 0 aromatic heterocycles. The summed E-state index contributed by atoms with van der Waals surface area (Å²) in [7, 11) is 0. The largest absolute Gasteiger partial charge is 0.464 e. The van der Waals surface area contributed by atoms with E-state index in [2.05, 4.69) is 69.6 Å². The molecule has 0 heterocycles. The highest BCUT2D eigenvalue weighted by Crippen LogP contribution is 2.21. The summed E-state index contributed by atoms with van der Waals surface area (Å²) in [4.78, 5) is 36.0. The molecule has 0 bridgehead atoms. The van der Waals surface area contributed by atoms with E-state index in [1.165, 1.54) is 19.6 Å². The maximum atomic E-state index is 12.6. The van der Waals surface area contributed by atoms with Crippen LogP contribution in [0.25, 0.3) is 0 Å². The van der Waals surface area contributed by atoms with Gasteiger partial charge in [-0.3, -0.25) is 9.59 Å². The molecule has 0 aliphatic rings. The van der Waals surface area contributed by atoms with Gasteiger partial charge in [-0.05, 0) is 106 Å². The highest BCUT2D eigenvalue weighted by molar-refractivity contribution is 14.1. The van der Waals surface area contributed by atoms with Crippen molar-refractivity contribution >= 4 is 63.0 Å². The lowest BCUT2D eigenvalue weighted by atomic mass is 10.0. The molecule has 1 unspecified atom stereocenters. The van der Waals surface area contributed by atoms with Crippen LogP contribution in [-0.2, 0) is 32.0 Å². The Morgan fingerprint density at radius 1 is 1.03 bits per heavy atom. The molecule has 31 heavy (non-hydrogen) atoms. The summed E-state index contributed by atoms with van der Waals surface area (Å²) in [6.45, 7) is 5.36. The van der Waals surface area contributed by atoms with E-state index in [1.807, 2.05) is 0 Å². The van der Waals surface area contributed by atoms with Gasteiger partial charge in [0.05, 0.1) is 6.61 Å². The number of carbonyl (C=O) groups excluding carboxylic acids is 3. The van der Waals surface area contributed by atoms with Crippen molar-refractivity contribution in [2.45, 2.75) is 46.1 Å². The molecular formula is C23H25I2NO5. The fourth-order valence-corrected chi connectivity index (χ4v) is 4.79. The van der Waals surface area contributed by atoms with Gasteiger partial charge in [0.25, 0.3) is 0 Å². The lowest BCUT2D eigenvalue weighted by Gasteiger charge is -2.18. The fraction of sp³-hybridized carbons (Fsp3) is 0.348. The fourth-order valence-electron chi connectivity index (χ4n) is 2.90. The predicted octanol–water partition coefficient (Wildman–Crippen LogP) is 4.35. The van der Waals surface area contributed by atoms with Crippen LogP contribution in [0.1, 0.15) is 37.0 Å². The average molecular weight is 649 g/mol. The van der Waals surface area contributed by atoms with Crippen molar-refractivity contribution < 1.29 is 23.9 Å². The molecule has 1 atom stereocenters. The number of ether oxygens (including phenoxy) is 2. The maximum absolute atomic E-state index is 12.6. The van der Waals surface area contributed by atoms with E-state index in [0.29, 0.717) is 12.2 Å². The third-order valence-electron chi connectivity index (χ3n) is 4.51. The number of amides is 1. The van der Waals surface area contributed by atoms with Gasteiger partial charge >= 0.3 is 11.9 Å². The molecule has 0 radical (unpaired) electrons. The maximum Gasteiger partial charge on any atom is 0.328 e. The monoisotopic (exact) mass is 649 g/mol. The highest BCUT2D eigenvalue weighted by atomic mass is 127. The average Bonchev–Trinajstić information content (AvgIpc) is 2.71. The Labute approximate surface area is 209 Å². The van der Waals surface area contributed by atoms with E-state index >= 15 is 0 Å². The number of rotatable bonds is 9. The first-order chi connectivity index (χ1) is 14.7. The molecular weight excluding hydrogens is 624 g/mol. The standard InChI is InChI=1S/C23H25I2NO5/c1-4-30-23(29)21(13-16-5-8-18(9-6-16)31-15(3)27)26-22(28)10-7-17-11-19(24)14(2)20(25)12-17/h5-6,8-9,11-12,21H,4,7,10,13H2,1-3H3,(H,26,28). The molecule has 0 aliphatic heterocycles. The van der Waals surface area contributed by atoms with Crippen molar-refractivity contribution in [1.82, 2.24) is 5.32 Å². The van der Waals surface area contributed by atoms with E-state index in [-0.39, 0.29) is 25.4 Å². The van der Waals surface area contributed by atoms with Gasteiger partial charge in [-0.25, -0.2) is 4.79 Å². The highest BCUT2D eigenvalue weighted by Gasteiger charge is 2.22. The van der Waals surface area contributed by atoms with E-state index in [1.54, 1.807) is 31.2 Å². The van der Waals surface area contributed by atoms with Crippen LogP contribution in [0.15, 0.2) is 36.4 Å². The summed E-state index contributed by atoms with van der Waals surface area (Å²) < 4.78 is 12.5. The number of aryl methyl sites for hydroxylation is 1. The summed E-state index contributed by atoms with van der Waals surface area (Å²) in [5.41, 5.74) is 3.14. The van der Waals surface area contributed by atoms with Crippen LogP contribution in [-0.4, -0.2) is 30.5 Å². The zero-order valence-electron chi connectivity index (χ0n) is 17.7. The summed E-state index contributed by atoms with van der Waals surface area (Å²) in [5, 5.41) is 2.81. The number of hydrogen-bond acceptors (Lipinski definition) is 5. The molecule has 2 aromatic rings. The lowest BCUT2D eigenvalue weighted by Crippen LogP contribution is -2.43. The van der Waals surface area contributed by atoms with Crippen LogP contribution < -0.4 is 10.1 Å². The summed E-state index contributed by atoms with van der Waals surface area (Å²) in [6, 6.07) is 10.2. The second kappa shape index (κ2) is 12.4. The summed E-state index contributed by atoms with van der Waals surface area (Å²) in [6.07, 6.45) is 1.15. The topological polar surface area (TPSA) is 81.7 Å². The van der Waals surface area contributed by atoms with Gasteiger partial charge < -0.3 is 14.8 Å². The summed E-state index contributed by atoms with van der Waals surface area (Å²) >= 11 is 4.59. The normalized spacial score (nSPS) is 11.5. The first-order valence-corrected chi connectivity index (χ1v) is 12.0. The van der Waals surface area contributed by atoms with E-state index in [9.17, 15) is 14.4 Å². The third-order valence-corrected chi connectivity index (χ3v) is 6.75. The Kier molecular flexibility index (Phi) is 10.2. The Balaban J connectivity index is 2.02. The number of esters is 2. The molecule has 0 aliphatic carbocycles. The zero-order valence-corrected chi connectivity index (χ0v) is 22.0. The van der Waals surface area contributed by atoms with Crippen LogP contribution in [0.2, 0.25) is 0 Å². The van der Waals surface area contributed by atoms with Gasteiger partial charge in [-0.15, -0.1) is 0 Å². The molecule has 0 fully saturated rings. The molecule has 2 aromatic carbocycles. The first-order valence-electron chi connectivity index (χ1n) is 9.87. The molecule has 2 rings (SSSR count). The van der Waals surface area contributed by atoms with Gasteiger partial charge in [0.1, 0.15) is 11.8 Å². The van der Waals surface area contributed by atoms with Crippen molar-refractivity contribution in [3.8, 4) is 5.75 Å². The van der Waals surface area contributed by atoms with Gasteiger partial charge in [-0.2, -0.15) is 0 Å². The predicted molar refractivity (Wildman–Crippen MR) is 135 cm³/mol. The molecule has 6 nitrogen and oxygen atoms in total. The second-order valence-corrected chi connectivity index (χ2v) is 9.32. The van der Waals surface area contributed by atoms with Crippen LogP contribution in [0.3, 0.4) is 0 Å². The van der Waals surface area contributed by atoms with Gasteiger partial charge in [0.2, 0.25) is 5.91 Å². The van der Waals surface area contributed by atoms with E-state index in [4.69, 9.17) is 9.47 Å². The van der Waals surface area contributed by atoms with Crippen molar-refractivity contribution in [1.29, 1.82) is 0 Å². The van der Waals surface area contributed by atoms with Gasteiger partial charge in [-0.1, -0.05) is 12.1 Å². The van der Waals surface area contributed by atoms with Crippen molar-refractivity contribution in [3.05, 3.63) is 60.2 Å². The van der Waals surface area contributed by atoms with Crippen LogP contribution in [0, 0.1) is 14.1 Å². The van der Waals surface area contributed by atoms with E-state index < -0.39 is 18.0 Å². The molecule has 0 saturated heterocycles. The second-order valence-electron chi connectivity index (χ2n) is 7.00. The Hall–Kier alpha value is -1.69. The van der Waals surface area contributed by atoms with Crippen molar-refractivity contribution in [2.24, 2.45) is 0 Å². The Morgan fingerprint density at radius 3 is 2.19 bits per heavy atom. The molecule has 0 saturated carbocycles. The van der Waals surface area contributed by atoms with Crippen molar-refractivity contribution in [2.75, 3.05) is 6.61 Å². The van der Waals surface area contributed by atoms with Gasteiger partial charge in [0, 0.05) is 26.9 Å². The SMILES string of the molecule is CCOC(=O)C(Cc1ccc(OC(C)=O)cc1)NC(=O)CCc1cc(I)c(C)c(I)c1. The number of hydrogen-bond donors (Lipinski definition) is 1. The Bertz CT molecular complexity index is 920. The number of halogens is 2. The minimum atomic E-state index is -0.787. The van der Waals surface area contributed by atoms with Crippen molar-refractivity contribution in [3.63, 3.8) is 0 Å². The minimum absolute atomic E-state index is 0.208. The number of nitrogens with one attached hydrogen (secondary N) is 1. The smallest absolute Gasteiger partial charge is 0.328 e. The zero-order chi connectivity index (χ0) is 23.0. The quantitative estimate of drug-likeness (QED) is 0.249. The molecule has 1 amide bonds. The van der Waals surface area contributed by atoms with E-state index in [0.717, 1.165) is 11.1 Å². The Morgan fingerprint density at radius 2 is 1.65 bits per heavy atom. The molecule has 0 spiro atoms. The number of benzene rings is 2. The van der Waals surface area contributed by atoms with Crippen LogP contribution >= 0.6 is 45.2 Å². The lowest BCUT2D eigenvalue weighted by molar-refractivity contribution is -0.147. The van der Waals surface area contributed by atoms with Crippen LogP contribution in [0.4, 0.5) is 0 Å². The number of carbonyl (C=O) groups is 3. The first kappa shape index (κ1) is 25.6. The molecule has 166 valence electrons. The minimum Gasteiger partial charge on any atom is -0.464 e. The van der Waals surface area contributed by atoms with Crippen LogP contribution in [0.5, 0.6) is 5.75 Å². The molecule has 1 N–H and O–H groups in total. The summed E-state index contributed by atoms with van der Waals surface area (Å²) in [5.74, 6) is -0.655. The third kappa shape index (κ3) is 8.40.